The zero-order valence-corrected chi connectivity index (χ0v) is 12.7. The first-order valence-electron chi connectivity index (χ1n) is 6.65. The van der Waals surface area contributed by atoms with Gasteiger partial charge in [0.05, 0.1) is 12.7 Å². The van der Waals surface area contributed by atoms with Crippen LogP contribution < -0.4 is 0 Å². The Hall–Kier alpha value is 0.137. The van der Waals surface area contributed by atoms with Gasteiger partial charge in [-0.3, -0.25) is 0 Å². The van der Waals surface area contributed by atoms with Crippen molar-refractivity contribution in [1.29, 1.82) is 0 Å². The van der Waals surface area contributed by atoms with Crippen LogP contribution in [0.15, 0.2) is 0 Å². The van der Waals surface area contributed by atoms with Crippen LogP contribution in [0.1, 0.15) is 46.5 Å². The second-order valence-electron chi connectivity index (χ2n) is 6.40. The van der Waals surface area contributed by atoms with E-state index in [1.54, 1.807) is 0 Å². The zero-order chi connectivity index (χ0) is 12.2. The van der Waals surface area contributed by atoms with Crippen LogP contribution in [0.4, 0.5) is 0 Å². The summed E-state index contributed by atoms with van der Waals surface area (Å²) in [5.74, 6) is 0. The molecule has 0 saturated carbocycles. The van der Waals surface area contributed by atoms with Crippen LogP contribution >= 0.6 is 0 Å². The molecular formula is C13H28O2Si. The summed E-state index contributed by atoms with van der Waals surface area (Å²) in [6.45, 7) is 12.3. The molecule has 1 rings (SSSR count). The lowest BCUT2D eigenvalue weighted by Crippen LogP contribution is -2.26. The molecule has 1 aliphatic rings. The van der Waals surface area contributed by atoms with E-state index in [9.17, 15) is 0 Å². The van der Waals surface area contributed by atoms with Crippen molar-refractivity contribution in [3.05, 3.63) is 0 Å². The molecule has 3 heteroatoms. The molecule has 0 bridgehead atoms. The number of rotatable bonds is 7. The molecule has 0 aliphatic carbocycles. The van der Waals surface area contributed by atoms with Crippen LogP contribution in [0.25, 0.3) is 0 Å². The molecule has 0 radical (unpaired) electrons. The third-order valence-electron chi connectivity index (χ3n) is 2.89. The van der Waals surface area contributed by atoms with Crippen molar-refractivity contribution in [2.45, 2.75) is 71.8 Å². The van der Waals surface area contributed by atoms with Crippen molar-refractivity contribution >= 4 is 9.04 Å². The summed E-state index contributed by atoms with van der Waals surface area (Å²) >= 11 is 0. The molecule has 0 spiro atoms. The fraction of sp³-hybridized carbons (Fsp3) is 1.00. The Morgan fingerprint density at radius 1 is 1.31 bits per heavy atom. The molecule has 2 unspecified atom stereocenters. The summed E-state index contributed by atoms with van der Waals surface area (Å²) < 4.78 is 11.4. The molecule has 96 valence electrons. The molecule has 2 atom stereocenters. The lowest BCUT2D eigenvalue weighted by molar-refractivity contribution is 0.146. The third-order valence-corrected chi connectivity index (χ3v) is 3.78. The number of epoxide rings is 1. The number of unbranched alkanes of at least 4 members (excludes halogenated alkanes) is 1. The standard InChI is InChI=1S/C13H28O2Si/c1-13(2,3)9-7-6-8-11(12-10-14-12)15-16(4)5/h11-12,16H,6-10H2,1-5H3. The van der Waals surface area contributed by atoms with Gasteiger partial charge in [0.25, 0.3) is 0 Å². The first-order chi connectivity index (χ1) is 7.38. The van der Waals surface area contributed by atoms with Crippen molar-refractivity contribution in [1.82, 2.24) is 0 Å². The Kier molecular flexibility index (Phi) is 5.48. The highest BCUT2D eigenvalue weighted by Gasteiger charge is 2.33. The second-order valence-corrected chi connectivity index (χ2v) is 8.77. The highest BCUT2D eigenvalue weighted by atomic mass is 28.3. The predicted octanol–water partition coefficient (Wildman–Crippen LogP) is 3.36. The first-order valence-corrected chi connectivity index (χ1v) is 9.43. The second kappa shape index (κ2) is 6.17. The van der Waals surface area contributed by atoms with E-state index < -0.39 is 9.04 Å². The lowest BCUT2D eigenvalue weighted by Gasteiger charge is -2.21. The van der Waals surface area contributed by atoms with E-state index in [1.165, 1.54) is 25.7 Å². The lowest BCUT2D eigenvalue weighted by atomic mass is 9.89. The molecule has 0 aromatic rings. The molecule has 2 nitrogen and oxygen atoms in total. The SMILES string of the molecule is C[SiH](C)OC(CCCCC(C)(C)C)C1CO1. The summed E-state index contributed by atoms with van der Waals surface area (Å²) in [6, 6.07) is 0. The van der Waals surface area contributed by atoms with Crippen LogP contribution in [0.3, 0.4) is 0 Å². The van der Waals surface area contributed by atoms with E-state index in [2.05, 4.69) is 33.9 Å². The summed E-state index contributed by atoms with van der Waals surface area (Å²) in [6.07, 6.45) is 5.91. The minimum atomic E-state index is -0.910. The molecule has 1 fully saturated rings. The molecule has 1 heterocycles. The van der Waals surface area contributed by atoms with Crippen LogP contribution in [0, 0.1) is 5.41 Å². The highest BCUT2D eigenvalue weighted by Crippen LogP contribution is 2.26. The number of hydrogen-bond acceptors (Lipinski definition) is 2. The molecule has 0 N–H and O–H groups in total. The van der Waals surface area contributed by atoms with Gasteiger partial charge in [-0.2, -0.15) is 0 Å². The van der Waals surface area contributed by atoms with Crippen LogP contribution in [-0.2, 0) is 9.16 Å². The fourth-order valence-electron chi connectivity index (χ4n) is 1.96. The van der Waals surface area contributed by atoms with Gasteiger partial charge in [0, 0.05) is 0 Å². The molecule has 0 amide bonds. The number of hydrogen-bond donors (Lipinski definition) is 0. The maximum Gasteiger partial charge on any atom is 0.171 e. The molecular weight excluding hydrogens is 216 g/mol. The Morgan fingerprint density at radius 2 is 1.94 bits per heavy atom. The van der Waals surface area contributed by atoms with Crippen molar-refractivity contribution in [3.8, 4) is 0 Å². The predicted molar refractivity (Wildman–Crippen MR) is 71.4 cm³/mol. The van der Waals surface area contributed by atoms with Crippen molar-refractivity contribution in [3.63, 3.8) is 0 Å². The minimum Gasteiger partial charge on any atom is -0.415 e. The Labute approximate surface area is 102 Å². The van der Waals surface area contributed by atoms with Crippen LogP contribution in [0.5, 0.6) is 0 Å². The van der Waals surface area contributed by atoms with Gasteiger partial charge >= 0.3 is 0 Å². The number of ether oxygens (including phenoxy) is 1. The molecule has 1 saturated heterocycles. The summed E-state index contributed by atoms with van der Waals surface area (Å²) in [5, 5.41) is 0. The molecule has 0 aromatic carbocycles. The first kappa shape index (κ1) is 14.2. The molecule has 0 aromatic heterocycles. The third kappa shape index (κ3) is 6.66. The van der Waals surface area contributed by atoms with Gasteiger partial charge in [-0.05, 0) is 31.4 Å². The van der Waals surface area contributed by atoms with E-state index in [0.717, 1.165) is 6.61 Å². The monoisotopic (exact) mass is 244 g/mol. The normalized spacial score (nSPS) is 22.5. The maximum absolute atomic E-state index is 6.02. The van der Waals surface area contributed by atoms with E-state index in [0.29, 0.717) is 17.6 Å². The Morgan fingerprint density at radius 3 is 2.38 bits per heavy atom. The van der Waals surface area contributed by atoms with Gasteiger partial charge in [0.15, 0.2) is 9.04 Å². The van der Waals surface area contributed by atoms with Crippen LogP contribution in [0.2, 0.25) is 13.1 Å². The quantitative estimate of drug-likeness (QED) is 0.389. The zero-order valence-electron chi connectivity index (χ0n) is 11.6. The largest absolute Gasteiger partial charge is 0.415 e. The smallest absolute Gasteiger partial charge is 0.171 e. The van der Waals surface area contributed by atoms with E-state index in [-0.39, 0.29) is 0 Å². The fourth-order valence-corrected chi connectivity index (χ4v) is 2.97. The van der Waals surface area contributed by atoms with E-state index >= 15 is 0 Å². The topological polar surface area (TPSA) is 21.8 Å². The van der Waals surface area contributed by atoms with E-state index in [1.807, 2.05) is 0 Å². The van der Waals surface area contributed by atoms with E-state index in [4.69, 9.17) is 9.16 Å². The van der Waals surface area contributed by atoms with Gasteiger partial charge in [0.1, 0.15) is 6.10 Å². The summed E-state index contributed by atoms with van der Waals surface area (Å²) in [7, 11) is -0.910. The van der Waals surface area contributed by atoms with Crippen molar-refractivity contribution < 1.29 is 9.16 Å². The van der Waals surface area contributed by atoms with Gasteiger partial charge in [-0.25, -0.2) is 0 Å². The summed E-state index contributed by atoms with van der Waals surface area (Å²) in [4.78, 5) is 0. The van der Waals surface area contributed by atoms with Crippen molar-refractivity contribution in [2.75, 3.05) is 6.61 Å². The maximum atomic E-state index is 6.02. The van der Waals surface area contributed by atoms with Gasteiger partial charge in [0.2, 0.25) is 0 Å². The molecule has 16 heavy (non-hydrogen) atoms. The minimum absolute atomic E-state index is 0.395. The average Bonchev–Trinajstić information content (AvgIpc) is 2.90. The van der Waals surface area contributed by atoms with Crippen molar-refractivity contribution in [2.24, 2.45) is 5.41 Å². The van der Waals surface area contributed by atoms with Gasteiger partial charge in [-0.1, -0.05) is 33.6 Å². The Bertz CT molecular complexity index is 195. The van der Waals surface area contributed by atoms with Gasteiger partial charge in [-0.15, -0.1) is 0 Å². The highest BCUT2D eigenvalue weighted by molar-refractivity contribution is 6.48. The summed E-state index contributed by atoms with van der Waals surface area (Å²) in [5.41, 5.74) is 0.471. The Balaban J connectivity index is 2.13. The van der Waals surface area contributed by atoms with Gasteiger partial charge < -0.3 is 9.16 Å². The van der Waals surface area contributed by atoms with Crippen LogP contribution in [-0.4, -0.2) is 27.9 Å². The average molecular weight is 244 g/mol. The molecule has 1 aliphatic heterocycles.